The van der Waals surface area contributed by atoms with Gasteiger partial charge in [-0.15, -0.1) is 0 Å². The molecule has 0 aromatic carbocycles. The van der Waals surface area contributed by atoms with Gasteiger partial charge in [0.2, 0.25) is 0 Å². The number of fused-ring (bicyclic) bond motifs is 5. The van der Waals surface area contributed by atoms with Crippen LogP contribution in [0.5, 0.6) is 0 Å². The van der Waals surface area contributed by atoms with Gasteiger partial charge in [0, 0.05) is 36.3 Å². The first-order chi connectivity index (χ1) is 19.5. The molecule has 0 radical (unpaired) electrons. The summed E-state index contributed by atoms with van der Waals surface area (Å²) in [5.41, 5.74) is -2.11. The van der Waals surface area contributed by atoms with E-state index in [1.54, 1.807) is 13.0 Å². The predicted octanol–water partition coefficient (Wildman–Crippen LogP) is 1.90. The van der Waals surface area contributed by atoms with E-state index in [-0.39, 0.29) is 36.2 Å². The van der Waals surface area contributed by atoms with E-state index in [9.17, 15) is 30.0 Å². The van der Waals surface area contributed by atoms with Crippen LogP contribution >= 0.6 is 0 Å². The normalized spacial score (nSPS) is 51.3. The largest absolute Gasteiger partial charge is 0.431 e. The molecule has 1 saturated heterocycles. The summed E-state index contributed by atoms with van der Waals surface area (Å²) in [6, 6.07) is 3.05. The summed E-state index contributed by atoms with van der Waals surface area (Å²) < 4.78 is 22.5. The van der Waals surface area contributed by atoms with Gasteiger partial charge in [0.15, 0.2) is 6.29 Å². The standard InChI is InChI=1S/C31H44O10/c1-16-25(35)27(38-3)26(36)28(40-16)41-19-8-11-30(15-32)18(12-19)5-6-21-20(30)9-10-29(2)24(22(33)13-31(21,29)37)17-4-7-23(34)39-14-17/h4,7,14-16,18-22,24-28,33,35-37H,5-6,8-13H2,1-3H3. The Morgan fingerprint density at radius 1 is 1.05 bits per heavy atom. The molecule has 5 aliphatic rings. The van der Waals surface area contributed by atoms with E-state index in [0.29, 0.717) is 25.7 Å². The van der Waals surface area contributed by atoms with E-state index in [1.807, 2.05) is 6.92 Å². The Hall–Kier alpha value is -1.66. The fraction of sp³-hybridized carbons (Fsp3) is 0.806. The number of hydrogen-bond donors (Lipinski definition) is 4. The van der Waals surface area contributed by atoms with Crippen molar-refractivity contribution in [2.24, 2.45) is 28.6 Å². The number of carbonyl (C=O) groups is 1. The SMILES string of the molecule is COC1C(O)C(C)OC(OC2CCC3(C=O)C(CCC4C3CCC3(C)C(c5ccc(=O)oc5)C(O)CC43O)C2)C1O. The van der Waals surface area contributed by atoms with Gasteiger partial charge in [-0.05, 0) is 81.3 Å². The molecule has 41 heavy (non-hydrogen) atoms. The number of methoxy groups -OCH3 is 1. The van der Waals surface area contributed by atoms with E-state index < -0.39 is 58.9 Å². The highest BCUT2D eigenvalue weighted by Crippen LogP contribution is 2.70. The Labute approximate surface area is 240 Å². The van der Waals surface area contributed by atoms with Crippen molar-refractivity contribution >= 4 is 6.29 Å². The third-order valence-corrected chi connectivity index (χ3v) is 12.1. The lowest BCUT2D eigenvalue weighted by Gasteiger charge is -2.62. The van der Waals surface area contributed by atoms with Crippen molar-refractivity contribution in [3.8, 4) is 0 Å². The highest BCUT2D eigenvalue weighted by Gasteiger charge is 2.70. The number of carbonyl (C=O) groups excluding carboxylic acids is 1. The van der Waals surface area contributed by atoms with Gasteiger partial charge in [0.05, 0.1) is 30.2 Å². The Bertz CT molecular complexity index is 1170. The molecule has 10 nitrogen and oxygen atoms in total. The number of ether oxygens (including phenoxy) is 3. The summed E-state index contributed by atoms with van der Waals surface area (Å²) in [6.45, 7) is 3.76. The van der Waals surface area contributed by atoms with E-state index in [0.717, 1.165) is 31.1 Å². The first-order valence-corrected chi connectivity index (χ1v) is 15.1. The molecule has 1 aromatic rings. The lowest BCUT2D eigenvalue weighted by atomic mass is 9.43. The summed E-state index contributed by atoms with van der Waals surface area (Å²) in [5.74, 6) is -0.447. The van der Waals surface area contributed by atoms with Gasteiger partial charge in [-0.2, -0.15) is 0 Å². The van der Waals surface area contributed by atoms with Crippen LogP contribution in [0.15, 0.2) is 27.6 Å². The van der Waals surface area contributed by atoms with Crippen molar-refractivity contribution in [1.29, 1.82) is 0 Å². The second kappa shape index (κ2) is 10.5. The molecule has 228 valence electrons. The monoisotopic (exact) mass is 576 g/mol. The van der Waals surface area contributed by atoms with Crippen molar-refractivity contribution < 1.29 is 43.8 Å². The van der Waals surface area contributed by atoms with Gasteiger partial charge < -0.3 is 43.8 Å². The van der Waals surface area contributed by atoms with Crippen LogP contribution in [-0.4, -0.2) is 82.3 Å². The minimum Gasteiger partial charge on any atom is -0.431 e. The molecular weight excluding hydrogens is 532 g/mol. The number of aliphatic hydroxyl groups excluding tert-OH is 3. The summed E-state index contributed by atoms with van der Waals surface area (Å²) in [7, 11) is 1.44. The maximum atomic E-state index is 13.0. The zero-order valence-electron chi connectivity index (χ0n) is 24.1. The molecule has 4 N–H and O–H groups in total. The lowest BCUT2D eigenvalue weighted by Crippen LogP contribution is -2.63. The number of hydrogen-bond acceptors (Lipinski definition) is 10. The predicted molar refractivity (Wildman–Crippen MR) is 145 cm³/mol. The van der Waals surface area contributed by atoms with Crippen LogP contribution in [0, 0.1) is 28.6 Å². The van der Waals surface area contributed by atoms with Crippen molar-refractivity contribution in [3.05, 3.63) is 34.4 Å². The molecule has 14 atom stereocenters. The van der Waals surface area contributed by atoms with Gasteiger partial charge in [-0.25, -0.2) is 4.79 Å². The molecule has 4 saturated carbocycles. The minimum atomic E-state index is -1.16. The van der Waals surface area contributed by atoms with Crippen molar-refractivity contribution in [3.63, 3.8) is 0 Å². The van der Waals surface area contributed by atoms with Crippen LogP contribution in [-0.2, 0) is 19.0 Å². The smallest absolute Gasteiger partial charge is 0.335 e. The zero-order valence-corrected chi connectivity index (χ0v) is 24.1. The molecule has 10 heteroatoms. The Morgan fingerprint density at radius 3 is 2.51 bits per heavy atom. The highest BCUT2D eigenvalue weighted by molar-refractivity contribution is 5.62. The number of aliphatic hydroxyl groups is 4. The van der Waals surface area contributed by atoms with Crippen LogP contribution in [0.4, 0.5) is 0 Å². The van der Waals surface area contributed by atoms with Gasteiger partial charge in [0.1, 0.15) is 24.6 Å². The second-order valence-corrected chi connectivity index (χ2v) is 13.7. The van der Waals surface area contributed by atoms with Gasteiger partial charge in [0.25, 0.3) is 0 Å². The van der Waals surface area contributed by atoms with E-state index in [1.165, 1.54) is 19.4 Å². The van der Waals surface area contributed by atoms with Crippen LogP contribution in [0.25, 0.3) is 0 Å². The number of aldehydes is 1. The van der Waals surface area contributed by atoms with Crippen molar-refractivity contribution in [2.45, 2.75) is 120 Å². The molecule has 4 aliphatic carbocycles. The fourth-order valence-corrected chi connectivity index (χ4v) is 9.99. The summed E-state index contributed by atoms with van der Waals surface area (Å²) in [5, 5.41) is 44.8. The van der Waals surface area contributed by atoms with Crippen LogP contribution in [0.3, 0.4) is 0 Å². The molecule has 0 amide bonds. The zero-order chi connectivity index (χ0) is 29.3. The highest BCUT2D eigenvalue weighted by atomic mass is 16.7. The van der Waals surface area contributed by atoms with Crippen LogP contribution < -0.4 is 5.63 Å². The van der Waals surface area contributed by atoms with Crippen molar-refractivity contribution in [1.82, 2.24) is 0 Å². The molecular formula is C31H44O10. The lowest BCUT2D eigenvalue weighted by molar-refractivity contribution is -0.312. The van der Waals surface area contributed by atoms with Gasteiger partial charge >= 0.3 is 5.63 Å². The van der Waals surface area contributed by atoms with Crippen LogP contribution in [0.2, 0.25) is 0 Å². The van der Waals surface area contributed by atoms with Gasteiger partial charge in [-0.3, -0.25) is 0 Å². The maximum absolute atomic E-state index is 13.0. The van der Waals surface area contributed by atoms with E-state index in [2.05, 4.69) is 0 Å². The Balaban J connectivity index is 1.21. The summed E-state index contributed by atoms with van der Waals surface area (Å²) in [6.07, 6.45) is 2.15. The number of rotatable bonds is 5. The van der Waals surface area contributed by atoms with Gasteiger partial charge in [-0.1, -0.05) is 6.92 Å². The molecule has 1 aliphatic heterocycles. The first-order valence-electron chi connectivity index (χ1n) is 15.1. The third kappa shape index (κ3) is 4.31. The molecule has 2 heterocycles. The maximum Gasteiger partial charge on any atom is 0.335 e. The molecule has 14 unspecified atom stereocenters. The quantitative estimate of drug-likeness (QED) is 0.302. The average Bonchev–Trinajstić information content (AvgIpc) is 3.17. The molecule has 0 bridgehead atoms. The average molecular weight is 577 g/mol. The molecule has 1 aromatic heterocycles. The van der Waals surface area contributed by atoms with Crippen LogP contribution in [0.1, 0.15) is 76.7 Å². The minimum absolute atomic E-state index is 0.0120. The molecule has 6 rings (SSSR count). The Kier molecular flexibility index (Phi) is 7.54. The summed E-state index contributed by atoms with van der Waals surface area (Å²) >= 11 is 0. The van der Waals surface area contributed by atoms with Crippen molar-refractivity contribution in [2.75, 3.05) is 7.11 Å². The topological polar surface area (TPSA) is 156 Å². The van der Waals surface area contributed by atoms with E-state index in [4.69, 9.17) is 18.6 Å². The third-order valence-electron chi connectivity index (χ3n) is 12.1. The van der Waals surface area contributed by atoms with E-state index >= 15 is 0 Å². The fourth-order valence-electron chi connectivity index (χ4n) is 9.99. The molecule has 5 fully saturated rings. The Morgan fingerprint density at radius 2 is 1.83 bits per heavy atom. The molecule has 0 spiro atoms. The summed E-state index contributed by atoms with van der Waals surface area (Å²) in [4.78, 5) is 24.6. The second-order valence-electron chi connectivity index (χ2n) is 13.7. The first kappa shape index (κ1) is 29.4.